The van der Waals surface area contributed by atoms with Crippen LogP contribution in [0.25, 0.3) is 11.4 Å². The molecule has 0 radical (unpaired) electrons. The van der Waals surface area contributed by atoms with Crippen LogP contribution in [0.2, 0.25) is 5.02 Å². The quantitative estimate of drug-likeness (QED) is 0.404. The highest BCUT2D eigenvalue weighted by atomic mass is 35.5. The molecular formula is C23H26ClN9O2. The SMILES string of the molecule is Cc1c(-c2ncnc(Nc3cnn(C)c3)n2)ccc(C(C)NC(=O)c2noc(C(C)(C)C)n2)c1Cl. The molecule has 11 nitrogen and oxygen atoms in total. The zero-order valence-corrected chi connectivity index (χ0v) is 21.0. The smallest absolute Gasteiger partial charge is 0.293 e. The van der Waals surface area contributed by atoms with E-state index in [0.29, 0.717) is 22.7 Å². The Hall–Kier alpha value is -3.86. The number of amides is 1. The number of nitrogens with zero attached hydrogens (tertiary/aromatic N) is 7. The van der Waals surface area contributed by atoms with Crippen LogP contribution in [0.5, 0.6) is 0 Å². The van der Waals surface area contributed by atoms with Gasteiger partial charge in [0, 0.05) is 29.2 Å². The second-order valence-corrected chi connectivity index (χ2v) is 9.55. The second kappa shape index (κ2) is 9.41. The highest BCUT2D eigenvalue weighted by Gasteiger charge is 2.25. The Kier molecular flexibility index (Phi) is 6.53. The number of hydrogen-bond donors (Lipinski definition) is 2. The molecule has 2 N–H and O–H groups in total. The van der Waals surface area contributed by atoms with Crippen molar-refractivity contribution in [3.63, 3.8) is 0 Å². The van der Waals surface area contributed by atoms with Gasteiger partial charge in [0.25, 0.3) is 11.7 Å². The fraction of sp³-hybridized carbons (Fsp3) is 0.348. The third kappa shape index (κ3) is 5.29. The fourth-order valence-electron chi connectivity index (χ4n) is 3.34. The Morgan fingerprint density at radius 2 is 1.97 bits per heavy atom. The molecule has 35 heavy (non-hydrogen) atoms. The number of carbonyl (C=O) groups is 1. The van der Waals surface area contributed by atoms with E-state index < -0.39 is 11.9 Å². The summed E-state index contributed by atoms with van der Waals surface area (Å²) in [6.07, 6.45) is 4.92. The molecule has 0 aliphatic heterocycles. The number of benzene rings is 1. The largest absolute Gasteiger partial charge is 0.343 e. The Bertz CT molecular complexity index is 1370. The van der Waals surface area contributed by atoms with Crippen molar-refractivity contribution in [2.24, 2.45) is 7.05 Å². The lowest BCUT2D eigenvalue weighted by atomic mass is 9.97. The van der Waals surface area contributed by atoms with Crippen LogP contribution in [0.3, 0.4) is 0 Å². The number of anilines is 2. The summed E-state index contributed by atoms with van der Waals surface area (Å²) in [5.41, 5.74) is 2.68. The molecule has 3 aromatic heterocycles. The van der Waals surface area contributed by atoms with Crippen molar-refractivity contribution < 1.29 is 9.32 Å². The van der Waals surface area contributed by atoms with Gasteiger partial charge in [0.15, 0.2) is 5.82 Å². The van der Waals surface area contributed by atoms with Gasteiger partial charge in [-0.1, -0.05) is 49.7 Å². The summed E-state index contributed by atoms with van der Waals surface area (Å²) in [4.78, 5) is 29.9. The van der Waals surface area contributed by atoms with E-state index in [4.69, 9.17) is 16.1 Å². The summed E-state index contributed by atoms with van der Waals surface area (Å²) in [5, 5.41) is 14.4. The second-order valence-electron chi connectivity index (χ2n) is 9.17. The summed E-state index contributed by atoms with van der Waals surface area (Å²) in [5.74, 6) is 0.778. The number of nitrogens with one attached hydrogen (secondary N) is 2. The molecule has 1 unspecified atom stereocenters. The number of carbonyl (C=O) groups excluding carboxylic acids is 1. The zero-order chi connectivity index (χ0) is 25.3. The van der Waals surface area contributed by atoms with Gasteiger partial charge in [-0.15, -0.1) is 0 Å². The maximum absolute atomic E-state index is 12.7. The van der Waals surface area contributed by atoms with Crippen LogP contribution in [0.4, 0.5) is 11.6 Å². The van der Waals surface area contributed by atoms with Gasteiger partial charge in [0.1, 0.15) is 6.33 Å². The van der Waals surface area contributed by atoms with Crippen LogP contribution in [0, 0.1) is 6.92 Å². The molecule has 0 bridgehead atoms. The minimum absolute atomic E-state index is 0.0231. The van der Waals surface area contributed by atoms with E-state index in [-0.39, 0.29) is 11.2 Å². The van der Waals surface area contributed by atoms with E-state index in [9.17, 15) is 4.79 Å². The number of aromatic nitrogens is 7. The monoisotopic (exact) mass is 495 g/mol. The molecule has 4 aromatic rings. The first-order valence-electron chi connectivity index (χ1n) is 10.9. The van der Waals surface area contributed by atoms with Crippen LogP contribution in [-0.2, 0) is 12.5 Å². The number of aryl methyl sites for hydroxylation is 1. The Labute approximate surface area is 207 Å². The number of rotatable bonds is 6. The van der Waals surface area contributed by atoms with Crippen molar-refractivity contribution in [1.29, 1.82) is 0 Å². The van der Waals surface area contributed by atoms with Gasteiger partial charge in [-0.3, -0.25) is 9.48 Å². The molecule has 182 valence electrons. The summed E-state index contributed by atoms with van der Waals surface area (Å²) < 4.78 is 6.89. The molecule has 0 saturated carbocycles. The van der Waals surface area contributed by atoms with Crippen molar-refractivity contribution in [3.8, 4) is 11.4 Å². The van der Waals surface area contributed by atoms with Gasteiger partial charge in [0.2, 0.25) is 11.8 Å². The molecule has 0 aliphatic carbocycles. The maximum atomic E-state index is 12.7. The van der Waals surface area contributed by atoms with Crippen molar-refractivity contribution in [2.45, 2.75) is 46.1 Å². The predicted octanol–water partition coefficient (Wildman–Crippen LogP) is 4.15. The van der Waals surface area contributed by atoms with Crippen LogP contribution in [0.1, 0.15) is 61.4 Å². The lowest BCUT2D eigenvalue weighted by molar-refractivity contribution is 0.0926. The average molecular weight is 496 g/mol. The van der Waals surface area contributed by atoms with E-state index in [1.807, 2.05) is 60.0 Å². The highest BCUT2D eigenvalue weighted by Crippen LogP contribution is 2.33. The number of hydrogen-bond acceptors (Lipinski definition) is 9. The van der Waals surface area contributed by atoms with E-state index >= 15 is 0 Å². The normalized spacial score (nSPS) is 12.4. The third-order valence-corrected chi connectivity index (χ3v) is 5.78. The minimum Gasteiger partial charge on any atom is -0.343 e. The van der Waals surface area contributed by atoms with Gasteiger partial charge in [-0.05, 0) is 25.0 Å². The van der Waals surface area contributed by atoms with E-state index in [1.54, 1.807) is 10.9 Å². The van der Waals surface area contributed by atoms with Gasteiger partial charge in [-0.25, -0.2) is 9.97 Å². The van der Waals surface area contributed by atoms with Crippen molar-refractivity contribution in [3.05, 3.63) is 58.7 Å². The summed E-state index contributed by atoms with van der Waals surface area (Å²) in [6.45, 7) is 9.50. The third-order valence-electron chi connectivity index (χ3n) is 5.27. The molecule has 0 fully saturated rings. The first kappa shape index (κ1) is 24.3. The summed E-state index contributed by atoms with van der Waals surface area (Å²) in [6, 6.07) is 3.30. The molecule has 0 saturated heterocycles. The molecule has 3 heterocycles. The first-order valence-corrected chi connectivity index (χ1v) is 11.3. The fourth-order valence-corrected chi connectivity index (χ4v) is 3.67. The Morgan fingerprint density at radius 3 is 2.63 bits per heavy atom. The molecule has 1 atom stereocenters. The first-order chi connectivity index (χ1) is 16.5. The lowest BCUT2D eigenvalue weighted by Crippen LogP contribution is -2.28. The maximum Gasteiger partial charge on any atom is 0.293 e. The topological polar surface area (TPSA) is 137 Å². The molecular weight excluding hydrogens is 470 g/mol. The average Bonchev–Trinajstić information content (AvgIpc) is 3.45. The Balaban J connectivity index is 1.53. The van der Waals surface area contributed by atoms with Gasteiger partial charge in [0.05, 0.1) is 17.9 Å². The predicted molar refractivity (Wildman–Crippen MR) is 130 cm³/mol. The lowest BCUT2D eigenvalue weighted by Gasteiger charge is -2.18. The molecule has 12 heteroatoms. The molecule has 4 rings (SSSR count). The zero-order valence-electron chi connectivity index (χ0n) is 20.3. The van der Waals surface area contributed by atoms with Crippen LogP contribution < -0.4 is 10.6 Å². The van der Waals surface area contributed by atoms with Gasteiger partial charge in [-0.2, -0.15) is 15.1 Å². The van der Waals surface area contributed by atoms with Crippen LogP contribution in [0.15, 0.2) is 35.4 Å². The minimum atomic E-state index is -0.446. The molecule has 0 spiro atoms. The van der Waals surface area contributed by atoms with Crippen LogP contribution >= 0.6 is 11.6 Å². The van der Waals surface area contributed by atoms with Gasteiger partial charge < -0.3 is 15.2 Å². The van der Waals surface area contributed by atoms with Crippen LogP contribution in [-0.4, -0.2) is 40.8 Å². The number of halogens is 1. The van der Waals surface area contributed by atoms with E-state index in [2.05, 4.69) is 40.8 Å². The molecule has 0 aliphatic rings. The van der Waals surface area contributed by atoms with Crippen molar-refractivity contribution in [2.75, 3.05) is 5.32 Å². The van der Waals surface area contributed by atoms with E-state index in [0.717, 1.165) is 22.4 Å². The van der Waals surface area contributed by atoms with Crippen molar-refractivity contribution >= 4 is 29.1 Å². The molecule has 1 amide bonds. The standard InChI is InChI=1S/C23H26ClN9O2/c1-12-15(18-25-11-26-22(31-18)29-14-9-27-33(6)10-14)7-8-16(17(12)24)13(2)28-20(34)19-30-21(35-32-19)23(3,4)5/h7-11,13H,1-6H3,(H,28,34)(H,25,26,29,31). The van der Waals surface area contributed by atoms with E-state index in [1.165, 1.54) is 6.33 Å². The highest BCUT2D eigenvalue weighted by molar-refractivity contribution is 6.32. The Morgan fingerprint density at radius 1 is 1.20 bits per heavy atom. The molecule has 1 aromatic carbocycles. The summed E-state index contributed by atoms with van der Waals surface area (Å²) >= 11 is 6.71. The van der Waals surface area contributed by atoms with Gasteiger partial charge >= 0.3 is 0 Å². The van der Waals surface area contributed by atoms with Crippen molar-refractivity contribution in [1.82, 2.24) is 40.2 Å². The summed E-state index contributed by atoms with van der Waals surface area (Å²) in [7, 11) is 1.83.